The summed E-state index contributed by atoms with van der Waals surface area (Å²) < 4.78 is 17.6. The van der Waals surface area contributed by atoms with Gasteiger partial charge in [0, 0.05) is 49.3 Å². The summed E-state index contributed by atoms with van der Waals surface area (Å²) in [5.41, 5.74) is 4.68. The standard InChI is InChI=1S/C31H40BN6O4Si/c1-21-13-26(28(35-17-21)41-12-11-40-6)37-29-34-10-9-25(36-29)22-14-23(16-33)27-24(15-22)31(5,18-38(27)32-20-39)19-42-43(7,8)30(2,3)4/h9-10,13-15,17,20H,11-12,18-19H2,1-8H3,(H,34,36,37)/t31-/m1/s1. The van der Waals surface area contributed by atoms with Crippen LogP contribution >= 0.6 is 0 Å². The molecular formula is C31H40BN6O4Si. The number of methoxy groups -OCH3 is 1. The summed E-state index contributed by atoms with van der Waals surface area (Å²) in [6.45, 7) is 16.9. The highest BCUT2D eigenvalue weighted by molar-refractivity contribution is 6.74. The Balaban J connectivity index is 1.72. The van der Waals surface area contributed by atoms with E-state index in [4.69, 9.17) is 18.9 Å². The molecule has 1 aromatic carbocycles. The molecular weight excluding hydrogens is 559 g/mol. The highest BCUT2D eigenvalue weighted by Crippen LogP contribution is 2.46. The van der Waals surface area contributed by atoms with Crippen LogP contribution < -0.4 is 14.9 Å². The molecule has 4 rings (SSSR count). The van der Waals surface area contributed by atoms with Crippen molar-refractivity contribution in [1.29, 1.82) is 5.26 Å². The fraction of sp³-hybridized carbons (Fsp3) is 0.452. The van der Waals surface area contributed by atoms with Crippen molar-refractivity contribution in [3.63, 3.8) is 0 Å². The van der Waals surface area contributed by atoms with Crippen molar-refractivity contribution in [2.75, 3.05) is 43.6 Å². The van der Waals surface area contributed by atoms with Crippen LogP contribution in [-0.4, -0.2) is 70.3 Å². The Labute approximate surface area is 256 Å². The van der Waals surface area contributed by atoms with Gasteiger partial charge in [-0.15, -0.1) is 0 Å². The predicted molar refractivity (Wildman–Crippen MR) is 172 cm³/mol. The topological polar surface area (TPSA) is 122 Å². The Hall–Kier alpha value is -3.79. The molecule has 3 heterocycles. The van der Waals surface area contributed by atoms with E-state index in [2.05, 4.69) is 68.2 Å². The molecule has 3 aromatic rings. The van der Waals surface area contributed by atoms with Crippen molar-refractivity contribution in [2.45, 2.75) is 58.2 Å². The quantitative estimate of drug-likeness (QED) is 0.165. The SMILES string of the molecule is COCCOc1ncc(C)cc1Nc1nccc(-c2cc(C#N)c3c(c2)[C@@](C)(CO[Si](C)(C)C(C)(C)C)CN3[B]C=O)n1. The zero-order chi connectivity index (χ0) is 31.4. The molecule has 0 aliphatic carbocycles. The number of hydrogen-bond donors (Lipinski definition) is 1. The molecule has 0 unspecified atom stereocenters. The summed E-state index contributed by atoms with van der Waals surface area (Å²) in [6.07, 6.45) is 4.16. The zero-order valence-corrected chi connectivity index (χ0v) is 27.3. The number of nitriles is 1. The van der Waals surface area contributed by atoms with E-state index in [1.54, 1.807) is 19.5 Å². The maximum Gasteiger partial charge on any atom is 0.329 e. The van der Waals surface area contributed by atoms with E-state index in [-0.39, 0.29) is 5.04 Å². The summed E-state index contributed by atoms with van der Waals surface area (Å²) in [5, 5.41) is 13.5. The number of nitrogens with zero attached hydrogens (tertiary/aromatic N) is 5. The molecule has 12 heteroatoms. The number of aryl methyl sites for hydroxylation is 1. The molecule has 0 fully saturated rings. The summed E-state index contributed by atoms with van der Waals surface area (Å²) in [6, 6.07) is 9.95. The second-order valence-corrected chi connectivity index (χ2v) is 17.5. The first-order valence-electron chi connectivity index (χ1n) is 14.3. The monoisotopic (exact) mass is 599 g/mol. The van der Waals surface area contributed by atoms with E-state index in [0.29, 0.717) is 55.1 Å². The number of aromatic nitrogens is 3. The third-order valence-electron chi connectivity index (χ3n) is 8.20. The third kappa shape index (κ3) is 7.07. The largest absolute Gasteiger partial charge is 0.474 e. The van der Waals surface area contributed by atoms with E-state index >= 15 is 0 Å². The van der Waals surface area contributed by atoms with Crippen molar-refractivity contribution in [3.8, 4) is 23.2 Å². The molecule has 1 radical (unpaired) electrons. The molecule has 225 valence electrons. The molecule has 2 aromatic heterocycles. The number of fused-ring (bicyclic) bond motifs is 1. The average Bonchev–Trinajstić information content (AvgIpc) is 3.24. The fourth-order valence-corrected chi connectivity index (χ4v) is 5.85. The second-order valence-electron chi connectivity index (χ2n) is 12.7. The van der Waals surface area contributed by atoms with Crippen molar-refractivity contribution >= 4 is 39.2 Å². The summed E-state index contributed by atoms with van der Waals surface area (Å²) >= 11 is 0. The first kappa shape index (κ1) is 32.1. The van der Waals surface area contributed by atoms with Gasteiger partial charge in [-0.25, -0.2) is 15.0 Å². The van der Waals surface area contributed by atoms with E-state index < -0.39 is 13.7 Å². The first-order chi connectivity index (χ1) is 20.3. The molecule has 1 atom stereocenters. The first-order valence-corrected chi connectivity index (χ1v) is 17.2. The van der Waals surface area contributed by atoms with Crippen LogP contribution in [0.3, 0.4) is 0 Å². The zero-order valence-electron chi connectivity index (χ0n) is 26.3. The number of carbonyl (C=O) groups excluding carboxylic acids is 1. The number of carbonyl (C=O) groups is 1. The van der Waals surface area contributed by atoms with Gasteiger partial charge in [0.15, 0.2) is 8.32 Å². The van der Waals surface area contributed by atoms with E-state index in [9.17, 15) is 10.1 Å². The van der Waals surface area contributed by atoms with Gasteiger partial charge in [-0.1, -0.05) is 27.7 Å². The minimum Gasteiger partial charge on any atom is -0.474 e. The molecule has 0 bridgehead atoms. The molecule has 0 saturated heterocycles. The van der Waals surface area contributed by atoms with Crippen LogP contribution in [0, 0.1) is 18.3 Å². The Bertz CT molecular complexity index is 1520. The van der Waals surface area contributed by atoms with Crippen LogP contribution in [0.4, 0.5) is 17.3 Å². The highest BCUT2D eigenvalue weighted by atomic mass is 28.4. The number of hydrogen-bond acceptors (Lipinski definition) is 10. The number of pyridine rings is 1. The third-order valence-corrected chi connectivity index (χ3v) is 12.7. The van der Waals surface area contributed by atoms with Gasteiger partial charge < -0.3 is 28.8 Å². The summed E-state index contributed by atoms with van der Waals surface area (Å²) in [5.74, 6) is 0.783. The van der Waals surface area contributed by atoms with Crippen molar-refractivity contribution in [3.05, 3.63) is 53.3 Å². The molecule has 0 amide bonds. The number of anilines is 3. The Morgan fingerprint density at radius 1 is 1.23 bits per heavy atom. The Morgan fingerprint density at radius 2 is 2.00 bits per heavy atom. The molecule has 0 spiro atoms. The number of ether oxygens (including phenoxy) is 2. The van der Waals surface area contributed by atoms with Crippen LogP contribution in [0.5, 0.6) is 5.88 Å². The minimum atomic E-state index is -2.06. The van der Waals surface area contributed by atoms with Gasteiger partial charge in [0.2, 0.25) is 11.8 Å². The summed E-state index contributed by atoms with van der Waals surface area (Å²) in [4.78, 5) is 27.1. The van der Waals surface area contributed by atoms with E-state index in [0.717, 1.165) is 28.6 Å². The molecule has 1 N–H and O–H groups in total. The lowest BCUT2D eigenvalue weighted by molar-refractivity contribution is 0.144. The van der Waals surface area contributed by atoms with Gasteiger partial charge >= 0.3 is 7.41 Å². The fourth-order valence-electron chi connectivity index (χ4n) is 4.74. The molecule has 43 heavy (non-hydrogen) atoms. The van der Waals surface area contributed by atoms with Gasteiger partial charge in [-0.2, -0.15) is 5.26 Å². The maximum atomic E-state index is 11.6. The molecule has 0 saturated carbocycles. The van der Waals surface area contributed by atoms with Gasteiger partial charge in [0.1, 0.15) is 24.5 Å². The maximum absolute atomic E-state index is 11.6. The van der Waals surface area contributed by atoms with Gasteiger partial charge in [0.05, 0.1) is 17.9 Å². The van der Waals surface area contributed by atoms with Crippen LogP contribution in [0.2, 0.25) is 18.1 Å². The number of nitrogens with one attached hydrogen (secondary N) is 1. The Morgan fingerprint density at radius 3 is 2.67 bits per heavy atom. The smallest absolute Gasteiger partial charge is 0.329 e. The minimum absolute atomic E-state index is 0.0465. The normalized spacial score (nSPS) is 16.4. The lowest BCUT2D eigenvalue weighted by atomic mass is 9.83. The Kier molecular flexibility index (Phi) is 9.59. The van der Waals surface area contributed by atoms with Crippen molar-refractivity contribution in [1.82, 2.24) is 15.0 Å². The summed E-state index contributed by atoms with van der Waals surface area (Å²) in [7, 11) is 1.05. The van der Waals surface area contributed by atoms with Crippen LogP contribution in [0.15, 0.2) is 36.7 Å². The predicted octanol–water partition coefficient (Wildman–Crippen LogP) is 5.40. The van der Waals surface area contributed by atoms with Crippen LogP contribution in [0.1, 0.15) is 44.4 Å². The van der Waals surface area contributed by atoms with Crippen LogP contribution in [0.25, 0.3) is 11.3 Å². The highest BCUT2D eigenvalue weighted by Gasteiger charge is 2.44. The van der Waals surface area contributed by atoms with Gasteiger partial charge in [-0.05, 0) is 60.4 Å². The van der Waals surface area contributed by atoms with Gasteiger partial charge in [-0.3, -0.25) is 0 Å². The van der Waals surface area contributed by atoms with Crippen molar-refractivity contribution in [2.24, 2.45) is 0 Å². The molecule has 10 nitrogen and oxygen atoms in total. The lowest BCUT2D eigenvalue weighted by Crippen LogP contribution is -2.46. The molecule has 1 aliphatic rings. The van der Waals surface area contributed by atoms with Crippen LogP contribution in [-0.2, 0) is 19.4 Å². The number of benzene rings is 1. The average molecular weight is 600 g/mol. The second kappa shape index (κ2) is 12.8. The van der Waals surface area contributed by atoms with Gasteiger partial charge in [0.25, 0.3) is 0 Å². The van der Waals surface area contributed by atoms with E-state index in [1.807, 2.05) is 29.9 Å². The number of rotatable bonds is 12. The van der Waals surface area contributed by atoms with E-state index in [1.165, 1.54) is 7.41 Å². The molecule has 1 aliphatic heterocycles. The van der Waals surface area contributed by atoms with Crippen molar-refractivity contribution < 1.29 is 18.7 Å². The lowest BCUT2D eigenvalue weighted by Gasteiger charge is -2.39.